The van der Waals surface area contributed by atoms with Gasteiger partial charge < -0.3 is 20.5 Å². The van der Waals surface area contributed by atoms with E-state index in [0.29, 0.717) is 13.2 Å². The zero-order valence-corrected chi connectivity index (χ0v) is 15.2. The van der Waals surface area contributed by atoms with Gasteiger partial charge in [-0.3, -0.25) is 4.99 Å². The number of guanidine groups is 1. The molecule has 1 aliphatic heterocycles. The van der Waals surface area contributed by atoms with E-state index in [1.807, 2.05) is 30.3 Å². The molecule has 0 saturated carbocycles. The molecule has 0 amide bonds. The summed E-state index contributed by atoms with van der Waals surface area (Å²) >= 11 is 0. The van der Waals surface area contributed by atoms with Gasteiger partial charge in [0.1, 0.15) is 0 Å². The molecule has 0 radical (unpaired) electrons. The average Bonchev–Trinajstić information content (AvgIpc) is 2.68. The normalized spacial score (nSPS) is 20.6. The summed E-state index contributed by atoms with van der Waals surface area (Å²) in [6.07, 6.45) is -3.00. The number of rotatable bonds is 5. The quantitative estimate of drug-likeness (QED) is 0.581. The molecule has 2 aromatic rings. The minimum atomic E-state index is -4.79. The smallest absolute Gasteiger partial charge is 0.404 e. The molecule has 0 aromatic heterocycles. The van der Waals surface area contributed by atoms with E-state index in [2.05, 4.69) is 15.0 Å². The number of benzene rings is 2. The lowest BCUT2D eigenvalue weighted by atomic mass is 9.89. The zero-order chi connectivity index (χ0) is 20.0. The van der Waals surface area contributed by atoms with Gasteiger partial charge in [0, 0.05) is 19.1 Å². The summed E-state index contributed by atoms with van der Waals surface area (Å²) in [4.78, 5) is 4.32. The number of aliphatic imine (C=N–C) groups is 1. The maximum atomic E-state index is 12.5. The maximum absolute atomic E-state index is 12.5. The molecule has 1 saturated heterocycles. The first-order valence-electron chi connectivity index (χ1n) is 9.00. The van der Waals surface area contributed by atoms with E-state index in [0.717, 1.165) is 18.4 Å². The van der Waals surface area contributed by atoms with Crippen molar-refractivity contribution in [3.05, 3.63) is 60.2 Å². The van der Waals surface area contributed by atoms with E-state index in [1.54, 1.807) is 6.07 Å². The molecular formula is C20H22F3N3O2. The summed E-state index contributed by atoms with van der Waals surface area (Å²) in [7, 11) is 0. The van der Waals surface area contributed by atoms with Crippen LogP contribution in [0.4, 0.5) is 18.9 Å². The lowest BCUT2D eigenvalue weighted by Gasteiger charge is -2.31. The van der Waals surface area contributed by atoms with Crippen LogP contribution in [0.15, 0.2) is 59.6 Å². The highest BCUT2D eigenvalue weighted by molar-refractivity contribution is 5.93. The topological polar surface area (TPSA) is 68.9 Å². The van der Waals surface area contributed by atoms with Crippen molar-refractivity contribution in [1.82, 2.24) is 0 Å². The Morgan fingerprint density at radius 1 is 1.14 bits per heavy atom. The number of hydrogen-bond acceptors (Lipinski definition) is 3. The molecular weight excluding hydrogens is 371 g/mol. The summed E-state index contributed by atoms with van der Waals surface area (Å²) in [5.41, 5.74) is 7.08. The summed E-state index contributed by atoms with van der Waals surface area (Å²) in [6, 6.07) is 15.6. The third-order valence-electron chi connectivity index (χ3n) is 4.44. The van der Waals surface area contributed by atoms with Crippen molar-refractivity contribution in [2.75, 3.05) is 18.5 Å². The molecule has 1 aliphatic rings. The molecule has 150 valence electrons. The van der Waals surface area contributed by atoms with E-state index in [9.17, 15) is 13.2 Å². The molecule has 3 N–H and O–H groups in total. The fraction of sp³-hybridized carbons (Fsp3) is 0.350. The van der Waals surface area contributed by atoms with Gasteiger partial charge in [-0.25, -0.2) is 0 Å². The Bertz CT molecular complexity index is 797. The SMILES string of the molecule is NC(=NCC1CCCOC1c1ccccc1)Nc1ccccc1OC(F)(F)F. The second kappa shape index (κ2) is 8.97. The Morgan fingerprint density at radius 2 is 1.86 bits per heavy atom. The van der Waals surface area contributed by atoms with Crippen LogP contribution in [-0.4, -0.2) is 25.5 Å². The molecule has 3 rings (SSSR count). The Balaban J connectivity index is 1.67. The van der Waals surface area contributed by atoms with Gasteiger partial charge in [0.05, 0.1) is 11.8 Å². The van der Waals surface area contributed by atoms with Crippen LogP contribution in [-0.2, 0) is 4.74 Å². The Kier molecular flexibility index (Phi) is 6.41. The Morgan fingerprint density at radius 3 is 2.61 bits per heavy atom. The first kappa shape index (κ1) is 20.0. The van der Waals surface area contributed by atoms with Crippen LogP contribution in [0.25, 0.3) is 0 Å². The van der Waals surface area contributed by atoms with Gasteiger partial charge in [-0.15, -0.1) is 13.2 Å². The van der Waals surface area contributed by atoms with Crippen molar-refractivity contribution in [2.24, 2.45) is 16.6 Å². The lowest BCUT2D eigenvalue weighted by molar-refractivity contribution is -0.274. The molecule has 1 fully saturated rings. The predicted molar refractivity (Wildman–Crippen MR) is 101 cm³/mol. The van der Waals surface area contributed by atoms with Crippen LogP contribution in [0.3, 0.4) is 0 Å². The molecule has 1 heterocycles. The minimum Gasteiger partial charge on any atom is -0.404 e. The number of anilines is 1. The highest BCUT2D eigenvalue weighted by Crippen LogP contribution is 2.34. The fourth-order valence-corrected chi connectivity index (χ4v) is 3.22. The van der Waals surface area contributed by atoms with Crippen molar-refractivity contribution < 1.29 is 22.6 Å². The van der Waals surface area contributed by atoms with Crippen molar-refractivity contribution in [3.63, 3.8) is 0 Å². The second-order valence-electron chi connectivity index (χ2n) is 6.50. The number of alkyl halides is 3. The van der Waals surface area contributed by atoms with Crippen LogP contribution in [0.1, 0.15) is 24.5 Å². The largest absolute Gasteiger partial charge is 0.573 e. The zero-order valence-electron chi connectivity index (χ0n) is 15.2. The molecule has 0 bridgehead atoms. The summed E-state index contributed by atoms with van der Waals surface area (Å²) < 4.78 is 47.5. The highest BCUT2D eigenvalue weighted by atomic mass is 19.4. The van der Waals surface area contributed by atoms with Crippen molar-refractivity contribution in [2.45, 2.75) is 25.3 Å². The van der Waals surface area contributed by atoms with Gasteiger partial charge in [-0.05, 0) is 30.5 Å². The van der Waals surface area contributed by atoms with Crippen LogP contribution >= 0.6 is 0 Å². The van der Waals surface area contributed by atoms with Crippen LogP contribution in [0.2, 0.25) is 0 Å². The number of nitrogens with two attached hydrogens (primary N) is 1. The number of nitrogens with zero attached hydrogens (tertiary/aromatic N) is 1. The molecule has 2 unspecified atom stereocenters. The maximum Gasteiger partial charge on any atom is 0.573 e. The number of ether oxygens (including phenoxy) is 2. The summed E-state index contributed by atoms with van der Waals surface area (Å²) in [5, 5.41) is 2.69. The Hall–Kier alpha value is -2.74. The predicted octanol–water partition coefficient (Wildman–Crippen LogP) is 4.48. The highest BCUT2D eigenvalue weighted by Gasteiger charge is 2.32. The molecule has 0 spiro atoms. The summed E-state index contributed by atoms with van der Waals surface area (Å²) in [6.45, 7) is 1.09. The van der Waals surface area contributed by atoms with E-state index >= 15 is 0 Å². The molecule has 28 heavy (non-hydrogen) atoms. The van der Waals surface area contributed by atoms with Gasteiger partial charge in [0.25, 0.3) is 0 Å². The number of halogens is 3. The Labute approximate surface area is 161 Å². The third kappa shape index (κ3) is 5.63. The van der Waals surface area contributed by atoms with Gasteiger partial charge in [-0.1, -0.05) is 42.5 Å². The number of nitrogens with one attached hydrogen (secondary N) is 1. The summed E-state index contributed by atoms with van der Waals surface area (Å²) in [5.74, 6) is -0.204. The van der Waals surface area contributed by atoms with E-state index in [-0.39, 0.29) is 29.4 Å². The van der Waals surface area contributed by atoms with E-state index in [4.69, 9.17) is 10.5 Å². The molecule has 8 heteroatoms. The standard InChI is InChI=1S/C20H22F3N3O2/c21-20(22,23)28-17-11-5-4-10-16(17)26-19(24)25-13-15-9-6-12-27-18(15)14-7-2-1-3-8-14/h1-5,7-8,10-11,15,18H,6,9,12-13H2,(H3,24,25,26). The van der Waals surface area contributed by atoms with Crippen LogP contribution in [0, 0.1) is 5.92 Å². The number of para-hydroxylation sites is 2. The lowest BCUT2D eigenvalue weighted by Crippen LogP contribution is -2.28. The molecule has 0 aliphatic carbocycles. The van der Waals surface area contributed by atoms with Crippen LogP contribution in [0.5, 0.6) is 5.75 Å². The molecule has 2 aromatic carbocycles. The van der Waals surface area contributed by atoms with E-state index in [1.165, 1.54) is 18.2 Å². The third-order valence-corrected chi connectivity index (χ3v) is 4.44. The van der Waals surface area contributed by atoms with E-state index < -0.39 is 6.36 Å². The first-order chi connectivity index (χ1) is 13.4. The van der Waals surface area contributed by atoms with Crippen molar-refractivity contribution >= 4 is 11.6 Å². The second-order valence-corrected chi connectivity index (χ2v) is 6.50. The van der Waals surface area contributed by atoms with Crippen LogP contribution < -0.4 is 15.8 Å². The number of hydrogen-bond donors (Lipinski definition) is 2. The minimum absolute atomic E-state index is 0.0237. The fourth-order valence-electron chi connectivity index (χ4n) is 3.22. The van der Waals surface area contributed by atoms with Crippen molar-refractivity contribution in [1.29, 1.82) is 0 Å². The first-order valence-corrected chi connectivity index (χ1v) is 9.00. The molecule has 5 nitrogen and oxygen atoms in total. The average molecular weight is 393 g/mol. The van der Waals surface area contributed by atoms with Gasteiger partial charge in [-0.2, -0.15) is 0 Å². The van der Waals surface area contributed by atoms with Gasteiger partial charge in [0.15, 0.2) is 11.7 Å². The monoisotopic (exact) mass is 393 g/mol. The molecule has 2 atom stereocenters. The van der Waals surface area contributed by atoms with Crippen molar-refractivity contribution in [3.8, 4) is 5.75 Å². The van der Waals surface area contributed by atoms with Gasteiger partial charge >= 0.3 is 6.36 Å². The van der Waals surface area contributed by atoms with Gasteiger partial charge in [0.2, 0.25) is 0 Å².